The van der Waals surface area contributed by atoms with E-state index in [1.807, 2.05) is 146 Å². The van der Waals surface area contributed by atoms with Crippen molar-refractivity contribution in [1.29, 1.82) is 0 Å². The molecule has 0 radical (unpaired) electrons. The summed E-state index contributed by atoms with van der Waals surface area (Å²) in [6, 6.07) is 57.8. The zero-order chi connectivity index (χ0) is 33.8. The van der Waals surface area contributed by atoms with Crippen LogP contribution in [0.1, 0.15) is 0 Å². The number of pyridine rings is 1. The standard InChI is InChI=1S/C44H31N4OP/c49-50(39-22-6-2-7-23-39,40-24-8-3-9-25-40)41-26-12-20-37(30-41)44-47-42(35-18-10-16-33(28-35)32-14-4-1-5-15-32)46-43(48-44)36-19-11-17-34(29-36)38-21-13-27-45-31-38/h1-31H. The Morgan fingerprint density at radius 2 is 0.740 bits per heavy atom. The molecule has 6 aromatic carbocycles. The van der Waals surface area contributed by atoms with Crippen LogP contribution in [-0.4, -0.2) is 19.9 Å². The molecule has 0 aliphatic carbocycles. The van der Waals surface area contributed by atoms with Gasteiger partial charge in [-0.15, -0.1) is 0 Å². The third kappa shape index (κ3) is 6.19. The van der Waals surface area contributed by atoms with E-state index in [4.69, 9.17) is 15.0 Å². The Labute approximate surface area is 291 Å². The fraction of sp³-hybridized carbons (Fsp3) is 0. The first-order valence-electron chi connectivity index (χ1n) is 16.4. The van der Waals surface area contributed by atoms with Crippen molar-refractivity contribution in [2.24, 2.45) is 0 Å². The molecule has 0 atom stereocenters. The molecule has 0 fully saturated rings. The van der Waals surface area contributed by atoms with Gasteiger partial charge in [-0.25, -0.2) is 15.0 Å². The Morgan fingerprint density at radius 3 is 1.26 bits per heavy atom. The quantitative estimate of drug-likeness (QED) is 0.152. The molecular formula is C44H31N4OP. The summed E-state index contributed by atoms with van der Waals surface area (Å²) < 4.78 is 15.3. The molecule has 50 heavy (non-hydrogen) atoms. The average molecular weight is 663 g/mol. The molecule has 0 bridgehead atoms. The molecule has 0 N–H and O–H groups in total. The van der Waals surface area contributed by atoms with Gasteiger partial charge in [0, 0.05) is 50.6 Å². The monoisotopic (exact) mass is 662 g/mol. The van der Waals surface area contributed by atoms with E-state index in [2.05, 4.69) is 41.4 Å². The van der Waals surface area contributed by atoms with E-state index in [-0.39, 0.29) is 0 Å². The minimum absolute atomic E-state index is 0.497. The lowest BCUT2D eigenvalue weighted by molar-refractivity contribution is 0.592. The Hall–Kier alpha value is -6.29. The number of rotatable bonds is 8. The van der Waals surface area contributed by atoms with Gasteiger partial charge in [-0.1, -0.05) is 152 Å². The fourth-order valence-corrected chi connectivity index (χ4v) is 8.86. The summed E-state index contributed by atoms with van der Waals surface area (Å²) in [5.74, 6) is 1.59. The lowest BCUT2D eigenvalue weighted by Crippen LogP contribution is -2.25. The summed E-state index contributed by atoms with van der Waals surface area (Å²) in [6.07, 6.45) is 3.62. The molecule has 5 nitrogen and oxygen atoms in total. The number of benzene rings is 6. The van der Waals surface area contributed by atoms with Crippen LogP contribution in [0, 0.1) is 0 Å². The van der Waals surface area contributed by atoms with Crippen molar-refractivity contribution in [3.05, 3.63) is 188 Å². The van der Waals surface area contributed by atoms with Crippen molar-refractivity contribution in [2.45, 2.75) is 0 Å². The summed E-state index contributed by atoms with van der Waals surface area (Å²) in [5, 5.41) is 2.25. The highest BCUT2D eigenvalue weighted by Crippen LogP contribution is 2.43. The smallest absolute Gasteiger partial charge is 0.171 e. The number of nitrogens with zero attached hydrogens (tertiary/aromatic N) is 4. The highest BCUT2D eigenvalue weighted by Gasteiger charge is 2.30. The molecule has 0 aliphatic rings. The molecule has 0 amide bonds. The molecule has 2 heterocycles. The summed E-state index contributed by atoms with van der Waals surface area (Å²) in [4.78, 5) is 19.5. The second-order valence-electron chi connectivity index (χ2n) is 11.9. The van der Waals surface area contributed by atoms with E-state index in [0.717, 1.165) is 49.6 Å². The summed E-state index contributed by atoms with van der Waals surface area (Å²) in [6.45, 7) is 0. The molecule has 8 rings (SSSR count). The van der Waals surface area contributed by atoms with Gasteiger partial charge in [0.05, 0.1) is 0 Å². The third-order valence-corrected chi connectivity index (χ3v) is 11.7. The topological polar surface area (TPSA) is 68.6 Å². The zero-order valence-corrected chi connectivity index (χ0v) is 27.9. The maximum atomic E-state index is 15.3. The molecule has 0 saturated heterocycles. The van der Waals surface area contributed by atoms with Gasteiger partial charge < -0.3 is 4.57 Å². The summed E-state index contributed by atoms with van der Waals surface area (Å²) in [5.41, 5.74) is 6.67. The van der Waals surface area contributed by atoms with Crippen molar-refractivity contribution in [1.82, 2.24) is 19.9 Å². The Morgan fingerprint density at radius 1 is 0.340 bits per heavy atom. The van der Waals surface area contributed by atoms with Gasteiger partial charge in [-0.05, 0) is 41.0 Å². The van der Waals surface area contributed by atoms with Crippen molar-refractivity contribution in [2.75, 3.05) is 0 Å². The van der Waals surface area contributed by atoms with Crippen LogP contribution < -0.4 is 15.9 Å². The number of hydrogen-bond acceptors (Lipinski definition) is 5. The predicted octanol–water partition coefficient (Wildman–Crippen LogP) is 9.24. The Bertz CT molecular complexity index is 2310. The predicted molar refractivity (Wildman–Crippen MR) is 204 cm³/mol. The van der Waals surface area contributed by atoms with E-state index in [0.29, 0.717) is 22.8 Å². The molecule has 2 aromatic heterocycles. The van der Waals surface area contributed by atoms with Gasteiger partial charge in [0.25, 0.3) is 0 Å². The minimum Gasteiger partial charge on any atom is -0.309 e. The van der Waals surface area contributed by atoms with Crippen molar-refractivity contribution < 1.29 is 4.57 Å². The van der Waals surface area contributed by atoms with Crippen LogP contribution in [0.25, 0.3) is 56.4 Å². The second kappa shape index (κ2) is 13.7. The van der Waals surface area contributed by atoms with E-state index in [1.165, 1.54) is 0 Å². The van der Waals surface area contributed by atoms with Gasteiger partial charge in [0.15, 0.2) is 24.6 Å². The first-order chi connectivity index (χ1) is 24.6. The lowest BCUT2D eigenvalue weighted by atomic mass is 10.0. The van der Waals surface area contributed by atoms with Crippen LogP contribution >= 0.6 is 7.14 Å². The highest BCUT2D eigenvalue weighted by molar-refractivity contribution is 7.85. The van der Waals surface area contributed by atoms with Crippen LogP contribution in [0.4, 0.5) is 0 Å². The van der Waals surface area contributed by atoms with E-state index in [9.17, 15) is 0 Å². The largest absolute Gasteiger partial charge is 0.309 e. The first kappa shape index (κ1) is 31.0. The fourth-order valence-electron chi connectivity index (χ4n) is 6.17. The summed E-state index contributed by atoms with van der Waals surface area (Å²) >= 11 is 0. The van der Waals surface area contributed by atoms with Gasteiger partial charge in [0.1, 0.15) is 0 Å². The summed E-state index contributed by atoms with van der Waals surface area (Å²) in [7, 11) is -3.22. The average Bonchev–Trinajstić information content (AvgIpc) is 3.22. The number of aromatic nitrogens is 4. The van der Waals surface area contributed by atoms with Crippen LogP contribution in [-0.2, 0) is 4.57 Å². The zero-order valence-electron chi connectivity index (χ0n) is 27.0. The first-order valence-corrected chi connectivity index (χ1v) is 18.1. The minimum atomic E-state index is -3.22. The molecular weight excluding hydrogens is 631 g/mol. The van der Waals surface area contributed by atoms with Crippen LogP contribution in [0.15, 0.2) is 188 Å². The number of hydrogen-bond donors (Lipinski definition) is 0. The molecule has 0 spiro atoms. The molecule has 238 valence electrons. The van der Waals surface area contributed by atoms with Gasteiger partial charge in [-0.3, -0.25) is 4.98 Å². The molecule has 0 unspecified atom stereocenters. The molecule has 8 aromatic rings. The lowest BCUT2D eigenvalue weighted by Gasteiger charge is -2.20. The van der Waals surface area contributed by atoms with Crippen LogP contribution in [0.2, 0.25) is 0 Å². The van der Waals surface area contributed by atoms with Crippen LogP contribution in [0.5, 0.6) is 0 Å². The SMILES string of the molecule is O=P(c1ccccc1)(c1ccccc1)c1cccc(-c2nc(-c3cccc(-c4ccccc4)c3)nc(-c3cccc(-c4cccnc4)c3)n2)c1. The highest BCUT2D eigenvalue weighted by atomic mass is 31.2. The molecule has 0 aliphatic heterocycles. The van der Waals surface area contributed by atoms with E-state index >= 15 is 4.57 Å². The maximum absolute atomic E-state index is 15.3. The van der Waals surface area contributed by atoms with Crippen LogP contribution in [0.3, 0.4) is 0 Å². The Balaban J connectivity index is 1.30. The van der Waals surface area contributed by atoms with E-state index < -0.39 is 7.14 Å². The van der Waals surface area contributed by atoms with E-state index in [1.54, 1.807) is 6.20 Å². The van der Waals surface area contributed by atoms with Gasteiger partial charge in [-0.2, -0.15) is 0 Å². The third-order valence-electron chi connectivity index (χ3n) is 8.69. The van der Waals surface area contributed by atoms with Gasteiger partial charge in [0.2, 0.25) is 0 Å². The maximum Gasteiger partial charge on any atom is 0.171 e. The van der Waals surface area contributed by atoms with Crippen molar-refractivity contribution in [3.8, 4) is 56.4 Å². The van der Waals surface area contributed by atoms with Crippen molar-refractivity contribution in [3.63, 3.8) is 0 Å². The normalized spacial score (nSPS) is 11.3. The van der Waals surface area contributed by atoms with Crippen molar-refractivity contribution >= 4 is 23.1 Å². The molecule has 0 saturated carbocycles. The second-order valence-corrected chi connectivity index (χ2v) is 14.7. The molecule has 6 heteroatoms. The Kier molecular flexibility index (Phi) is 8.48. The van der Waals surface area contributed by atoms with Gasteiger partial charge >= 0.3 is 0 Å².